The summed E-state index contributed by atoms with van der Waals surface area (Å²) in [5.41, 5.74) is 0.391. The molecule has 1 amide bonds. The summed E-state index contributed by atoms with van der Waals surface area (Å²) in [5, 5.41) is 11.5. The summed E-state index contributed by atoms with van der Waals surface area (Å²) in [6, 6.07) is 3.12. The Morgan fingerprint density at radius 2 is 2.18 bits per heavy atom. The largest absolute Gasteiger partial charge is 0.481 e. The van der Waals surface area contributed by atoms with Crippen LogP contribution in [0.3, 0.4) is 0 Å². The number of aromatic nitrogens is 1. The van der Waals surface area contributed by atoms with Crippen molar-refractivity contribution < 1.29 is 19.4 Å². The van der Waals surface area contributed by atoms with Crippen molar-refractivity contribution >= 4 is 11.9 Å². The topological polar surface area (TPSA) is 88.5 Å². The molecule has 0 spiro atoms. The molecule has 0 unspecified atom stereocenters. The summed E-state index contributed by atoms with van der Waals surface area (Å²) in [6.45, 7) is 3.74. The maximum absolute atomic E-state index is 11.2. The van der Waals surface area contributed by atoms with Gasteiger partial charge in [-0.25, -0.2) is 9.78 Å². The predicted octanol–water partition coefficient (Wildman–Crippen LogP) is 0.603. The standard InChI is InChI=1S/C11H14N2O4/c1-3-12-9(14)6-17-8-5-4-7(2)13-10(8)11(15)16/h4-5H,3,6H2,1-2H3,(H,12,14)(H,15,16). The van der Waals surface area contributed by atoms with E-state index < -0.39 is 5.97 Å². The zero-order chi connectivity index (χ0) is 12.8. The van der Waals surface area contributed by atoms with E-state index in [-0.39, 0.29) is 24.0 Å². The Morgan fingerprint density at radius 3 is 2.76 bits per heavy atom. The molecule has 1 rings (SSSR count). The lowest BCUT2D eigenvalue weighted by atomic mass is 10.3. The molecule has 1 aromatic heterocycles. The van der Waals surface area contributed by atoms with Gasteiger partial charge in [-0.2, -0.15) is 0 Å². The van der Waals surface area contributed by atoms with Crippen molar-refractivity contribution in [3.8, 4) is 5.75 Å². The van der Waals surface area contributed by atoms with Gasteiger partial charge in [0.2, 0.25) is 0 Å². The molecule has 92 valence electrons. The van der Waals surface area contributed by atoms with Crippen LogP contribution in [0.15, 0.2) is 12.1 Å². The first kappa shape index (κ1) is 13.0. The van der Waals surface area contributed by atoms with Crippen molar-refractivity contribution in [2.45, 2.75) is 13.8 Å². The average Bonchev–Trinajstić information content (AvgIpc) is 2.27. The fraction of sp³-hybridized carbons (Fsp3) is 0.364. The number of carbonyl (C=O) groups excluding carboxylic acids is 1. The van der Waals surface area contributed by atoms with Crippen molar-refractivity contribution in [1.82, 2.24) is 10.3 Å². The van der Waals surface area contributed by atoms with Crippen LogP contribution in [0.1, 0.15) is 23.1 Å². The fourth-order valence-electron chi connectivity index (χ4n) is 1.21. The number of amides is 1. The third-order valence-corrected chi connectivity index (χ3v) is 1.93. The molecule has 0 saturated heterocycles. The first-order valence-electron chi connectivity index (χ1n) is 5.15. The van der Waals surface area contributed by atoms with E-state index in [0.717, 1.165) is 0 Å². The van der Waals surface area contributed by atoms with Crippen molar-refractivity contribution in [2.24, 2.45) is 0 Å². The Kier molecular flexibility index (Phi) is 4.45. The molecule has 17 heavy (non-hydrogen) atoms. The summed E-state index contributed by atoms with van der Waals surface area (Å²) in [5.74, 6) is -1.39. The number of pyridine rings is 1. The third-order valence-electron chi connectivity index (χ3n) is 1.93. The second kappa shape index (κ2) is 5.83. The van der Waals surface area contributed by atoms with E-state index in [9.17, 15) is 9.59 Å². The molecule has 6 nitrogen and oxygen atoms in total. The normalized spacial score (nSPS) is 9.76. The zero-order valence-corrected chi connectivity index (χ0v) is 9.69. The molecular weight excluding hydrogens is 224 g/mol. The lowest BCUT2D eigenvalue weighted by Gasteiger charge is -2.08. The number of ether oxygens (including phenoxy) is 1. The highest BCUT2D eigenvalue weighted by atomic mass is 16.5. The van der Waals surface area contributed by atoms with E-state index >= 15 is 0 Å². The number of nitrogens with zero attached hydrogens (tertiary/aromatic N) is 1. The number of rotatable bonds is 5. The minimum atomic E-state index is -1.18. The number of aromatic carboxylic acids is 1. The minimum Gasteiger partial charge on any atom is -0.481 e. The number of hydrogen-bond donors (Lipinski definition) is 2. The van der Waals surface area contributed by atoms with Crippen LogP contribution in [0.25, 0.3) is 0 Å². The SMILES string of the molecule is CCNC(=O)COc1ccc(C)nc1C(=O)O. The highest BCUT2D eigenvalue weighted by Gasteiger charge is 2.14. The van der Waals surface area contributed by atoms with Gasteiger partial charge in [0.25, 0.3) is 5.91 Å². The van der Waals surface area contributed by atoms with Gasteiger partial charge in [-0.1, -0.05) is 0 Å². The van der Waals surface area contributed by atoms with Gasteiger partial charge in [0.05, 0.1) is 0 Å². The van der Waals surface area contributed by atoms with E-state index in [1.165, 1.54) is 6.07 Å². The summed E-state index contributed by atoms with van der Waals surface area (Å²) in [7, 11) is 0. The van der Waals surface area contributed by atoms with Gasteiger partial charge in [0.1, 0.15) is 0 Å². The molecule has 0 aliphatic carbocycles. The summed E-state index contributed by atoms with van der Waals surface area (Å²) in [6.07, 6.45) is 0. The molecule has 0 aliphatic rings. The highest BCUT2D eigenvalue weighted by Crippen LogP contribution is 2.16. The average molecular weight is 238 g/mol. The van der Waals surface area contributed by atoms with Gasteiger partial charge >= 0.3 is 5.97 Å². The van der Waals surface area contributed by atoms with Gasteiger partial charge in [-0.3, -0.25) is 4.79 Å². The molecule has 0 radical (unpaired) electrons. The van der Waals surface area contributed by atoms with Crippen LogP contribution in [0.4, 0.5) is 0 Å². The van der Waals surface area contributed by atoms with Crippen molar-refractivity contribution in [3.05, 3.63) is 23.5 Å². The number of carbonyl (C=O) groups is 2. The smallest absolute Gasteiger partial charge is 0.358 e. The van der Waals surface area contributed by atoms with Gasteiger partial charge in [-0.05, 0) is 26.0 Å². The van der Waals surface area contributed by atoms with E-state index in [1.807, 2.05) is 0 Å². The van der Waals surface area contributed by atoms with E-state index in [1.54, 1.807) is 19.9 Å². The molecular formula is C11H14N2O4. The second-order valence-electron chi connectivity index (χ2n) is 3.35. The first-order chi connectivity index (χ1) is 8.04. The Bertz CT molecular complexity index is 431. The Morgan fingerprint density at radius 1 is 1.47 bits per heavy atom. The van der Waals surface area contributed by atoms with Gasteiger partial charge in [0.15, 0.2) is 18.1 Å². The van der Waals surface area contributed by atoms with Crippen molar-refractivity contribution in [1.29, 1.82) is 0 Å². The molecule has 0 atom stereocenters. The third kappa shape index (κ3) is 3.75. The maximum Gasteiger partial charge on any atom is 0.358 e. The molecule has 1 aromatic rings. The number of carboxylic acids is 1. The van der Waals surface area contributed by atoms with Crippen LogP contribution in [-0.4, -0.2) is 35.1 Å². The monoisotopic (exact) mass is 238 g/mol. The summed E-state index contributed by atoms with van der Waals surface area (Å²) < 4.78 is 5.11. The number of aryl methyl sites for hydroxylation is 1. The van der Waals surface area contributed by atoms with E-state index in [4.69, 9.17) is 9.84 Å². The quantitative estimate of drug-likeness (QED) is 0.784. The Hall–Kier alpha value is -2.11. The minimum absolute atomic E-state index is 0.0920. The van der Waals surface area contributed by atoms with Crippen molar-refractivity contribution in [2.75, 3.05) is 13.2 Å². The van der Waals surface area contributed by atoms with Gasteiger partial charge in [-0.15, -0.1) is 0 Å². The van der Waals surface area contributed by atoms with Crippen LogP contribution in [0, 0.1) is 6.92 Å². The number of likely N-dealkylation sites (N-methyl/N-ethyl adjacent to an activating group) is 1. The highest BCUT2D eigenvalue weighted by molar-refractivity contribution is 5.88. The van der Waals surface area contributed by atoms with Crippen LogP contribution >= 0.6 is 0 Å². The predicted molar refractivity (Wildman–Crippen MR) is 60.1 cm³/mol. The van der Waals surface area contributed by atoms with E-state index in [0.29, 0.717) is 12.2 Å². The van der Waals surface area contributed by atoms with Crippen molar-refractivity contribution in [3.63, 3.8) is 0 Å². The molecule has 0 aromatic carbocycles. The van der Waals surface area contributed by atoms with Crippen LogP contribution in [-0.2, 0) is 4.79 Å². The molecule has 2 N–H and O–H groups in total. The number of hydrogen-bond acceptors (Lipinski definition) is 4. The lowest BCUT2D eigenvalue weighted by Crippen LogP contribution is -2.28. The Balaban J connectivity index is 2.77. The van der Waals surface area contributed by atoms with E-state index in [2.05, 4.69) is 10.3 Å². The van der Waals surface area contributed by atoms with Crippen LogP contribution < -0.4 is 10.1 Å². The molecule has 6 heteroatoms. The zero-order valence-electron chi connectivity index (χ0n) is 9.69. The number of carboxylic acid groups (broad SMARTS) is 1. The van der Waals surface area contributed by atoms with Gasteiger partial charge < -0.3 is 15.2 Å². The van der Waals surface area contributed by atoms with Crippen LogP contribution in [0.2, 0.25) is 0 Å². The molecule has 1 heterocycles. The van der Waals surface area contributed by atoms with Crippen LogP contribution in [0.5, 0.6) is 5.75 Å². The molecule has 0 bridgehead atoms. The summed E-state index contributed by atoms with van der Waals surface area (Å²) >= 11 is 0. The first-order valence-corrected chi connectivity index (χ1v) is 5.15. The maximum atomic E-state index is 11.2. The molecule has 0 saturated carbocycles. The lowest BCUT2D eigenvalue weighted by molar-refractivity contribution is -0.123. The summed E-state index contributed by atoms with van der Waals surface area (Å²) in [4.78, 5) is 25.9. The Labute approximate surface area is 98.6 Å². The number of nitrogens with one attached hydrogen (secondary N) is 1. The molecule has 0 aliphatic heterocycles. The van der Waals surface area contributed by atoms with Gasteiger partial charge in [0, 0.05) is 12.2 Å². The molecule has 0 fully saturated rings. The fourth-order valence-corrected chi connectivity index (χ4v) is 1.21. The second-order valence-corrected chi connectivity index (χ2v) is 3.35.